The van der Waals surface area contributed by atoms with Gasteiger partial charge in [0, 0.05) is 26.7 Å². The summed E-state index contributed by atoms with van der Waals surface area (Å²) in [6.07, 6.45) is 2.04. The van der Waals surface area contributed by atoms with Gasteiger partial charge in [-0.1, -0.05) is 12.1 Å². The molecule has 1 saturated heterocycles. The minimum Gasteiger partial charge on any atom is -0.376 e. The highest BCUT2D eigenvalue weighted by Crippen LogP contribution is 2.20. The summed E-state index contributed by atoms with van der Waals surface area (Å²) in [7, 11) is 3.73. The number of nitrogens with zero attached hydrogens (tertiary/aromatic N) is 3. The fourth-order valence-electron chi connectivity index (χ4n) is 3.23. The Balaban J connectivity index is 1.73. The van der Waals surface area contributed by atoms with Crippen LogP contribution < -0.4 is 10.6 Å². The Morgan fingerprint density at radius 1 is 1.26 bits per heavy atom. The van der Waals surface area contributed by atoms with Gasteiger partial charge in [-0.3, -0.25) is 0 Å². The lowest BCUT2D eigenvalue weighted by molar-refractivity contribution is -0.0211. The Hall–Kier alpha value is -2.61. The quantitative estimate of drug-likeness (QED) is 0.681. The predicted molar refractivity (Wildman–Crippen MR) is 101 cm³/mol. The van der Waals surface area contributed by atoms with Crippen LogP contribution in [0.25, 0.3) is 0 Å². The Morgan fingerprint density at radius 3 is 2.52 bits per heavy atom. The van der Waals surface area contributed by atoms with Crippen molar-refractivity contribution in [2.75, 3.05) is 33.8 Å². The summed E-state index contributed by atoms with van der Waals surface area (Å²) in [6.45, 7) is 2.94. The molecule has 2 N–H and O–H groups in total. The summed E-state index contributed by atoms with van der Waals surface area (Å²) < 4.78 is 18.9. The van der Waals surface area contributed by atoms with Gasteiger partial charge < -0.3 is 20.3 Å². The van der Waals surface area contributed by atoms with Crippen LogP contribution in [0.2, 0.25) is 0 Å². The van der Waals surface area contributed by atoms with E-state index < -0.39 is 0 Å². The first-order chi connectivity index (χ1) is 13.0. The van der Waals surface area contributed by atoms with Crippen molar-refractivity contribution in [2.24, 2.45) is 5.92 Å². The van der Waals surface area contributed by atoms with E-state index in [4.69, 9.17) is 15.3 Å². The van der Waals surface area contributed by atoms with Crippen molar-refractivity contribution in [1.82, 2.24) is 15.5 Å². The fraction of sp³-hybridized carbons (Fsp3) is 0.500. The van der Waals surface area contributed by atoms with Crippen LogP contribution in [0.3, 0.4) is 0 Å². The Bertz CT molecular complexity index is 695. The van der Waals surface area contributed by atoms with Crippen LogP contribution in [0.4, 0.5) is 4.39 Å². The molecule has 0 radical (unpaired) electrons. The van der Waals surface area contributed by atoms with E-state index >= 15 is 0 Å². The van der Waals surface area contributed by atoms with Gasteiger partial charge in [-0.05, 0) is 43.5 Å². The van der Waals surface area contributed by atoms with Gasteiger partial charge in [-0.2, -0.15) is 10.5 Å². The molecule has 0 aliphatic carbocycles. The van der Waals surface area contributed by atoms with Crippen LogP contribution in [-0.2, 0) is 11.3 Å². The summed E-state index contributed by atoms with van der Waals surface area (Å²) in [5.41, 5.74) is 1.13. The number of benzene rings is 1. The first-order valence-corrected chi connectivity index (χ1v) is 9.06. The number of allylic oxidation sites excluding steroid dienone is 1. The lowest BCUT2D eigenvalue weighted by Gasteiger charge is -2.32. The Labute approximate surface area is 160 Å². The molecule has 144 valence electrons. The molecule has 2 rings (SSSR count). The molecule has 1 aliphatic heterocycles. The van der Waals surface area contributed by atoms with Gasteiger partial charge in [0.1, 0.15) is 23.8 Å². The third-order valence-electron chi connectivity index (χ3n) is 4.63. The second-order valence-electron chi connectivity index (χ2n) is 6.83. The second kappa shape index (κ2) is 10.5. The largest absolute Gasteiger partial charge is 0.376 e. The zero-order valence-electron chi connectivity index (χ0n) is 15.8. The fourth-order valence-corrected chi connectivity index (χ4v) is 3.23. The van der Waals surface area contributed by atoms with Crippen molar-refractivity contribution in [2.45, 2.75) is 25.5 Å². The number of halogens is 1. The number of ether oxygens (including phenoxy) is 1. The number of rotatable bonds is 8. The number of nitrogens with one attached hydrogen (secondary N) is 2. The number of nitriles is 2. The van der Waals surface area contributed by atoms with Crippen LogP contribution in [-0.4, -0.2) is 44.8 Å². The summed E-state index contributed by atoms with van der Waals surface area (Å²) in [4.78, 5) is 2.23. The van der Waals surface area contributed by atoms with Gasteiger partial charge in [-0.15, -0.1) is 0 Å². The molecule has 6 nitrogen and oxygen atoms in total. The molecule has 1 aromatic rings. The molecule has 7 heteroatoms. The van der Waals surface area contributed by atoms with Gasteiger partial charge in [0.15, 0.2) is 5.57 Å². The smallest absolute Gasteiger partial charge is 0.169 e. The Kier molecular flexibility index (Phi) is 8.06. The summed E-state index contributed by atoms with van der Waals surface area (Å²) >= 11 is 0. The standard InChI is InChI=1S/C20H26FN5O/c1-24-20(17(9-22)10-23)25-11-19-8-5-16(14-27-19)13-26(2)12-15-3-6-18(21)7-4-15/h3-4,6-7,16,19,24-25H,5,8,11-14H2,1-2H3. The van der Waals surface area contributed by atoms with E-state index in [9.17, 15) is 4.39 Å². The number of hydrogen-bond donors (Lipinski definition) is 2. The van der Waals surface area contributed by atoms with Crippen LogP contribution in [0, 0.1) is 34.4 Å². The molecule has 0 saturated carbocycles. The lowest BCUT2D eigenvalue weighted by Crippen LogP contribution is -2.39. The van der Waals surface area contributed by atoms with E-state index in [2.05, 4.69) is 22.6 Å². The summed E-state index contributed by atoms with van der Waals surface area (Å²) in [5, 5.41) is 23.8. The van der Waals surface area contributed by atoms with E-state index in [0.29, 0.717) is 24.9 Å². The first kappa shape index (κ1) is 20.7. The van der Waals surface area contributed by atoms with Gasteiger partial charge in [0.2, 0.25) is 0 Å². The van der Waals surface area contributed by atoms with E-state index in [1.807, 2.05) is 24.3 Å². The zero-order chi connectivity index (χ0) is 19.6. The van der Waals surface area contributed by atoms with Crippen LogP contribution >= 0.6 is 0 Å². The second-order valence-corrected chi connectivity index (χ2v) is 6.83. The third-order valence-corrected chi connectivity index (χ3v) is 4.63. The van der Waals surface area contributed by atoms with Crippen molar-refractivity contribution in [1.29, 1.82) is 10.5 Å². The van der Waals surface area contributed by atoms with Gasteiger partial charge in [0.25, 0.3) is 0 Å². The molecular weight excluding hydrogens is 345 g/mol. The van der Waals surface area contributed by atoms with E-state index in [1.54, 1.807) is 7.05 Å². The minimum absolute atomic E-state index is 0.0357. The van der Waals surface area contributed by atoms with E-state index in [0.717, 1.165) is 31.5 Å². The van der Waals surface area contributed by atoms with Crippen molar-refractivity contribution in [3.63, 3.8) is 0 Å². The highest BCUT2D eigenvalue weighted by molar-refractivity contribution is 5.38. The van der Waals surface area contributed by atoms with Gasteiger partial charge in [-0.25, -0.2) is 4.39 Å². The maximum Gasteiger partial charge on any atom is 0.169 e. The summed E-state index contributed by atoms with van der Waals surface area (Å²) in [5.74, 6) is 0.680. The average Bonchev–Trinajstić information content (AvgIpc) is 2.68. The van der Waals surface area contributed by atoms with Gasteiger partial charge in [0.05, 0.1) is 12.7 Å². The zero-order valence-corrected chi connectivity index (χ0v) is 15.8. The minimum atomic E-state index is -0.213. The SMILES string of the molecule is CNC(NCC1CCC(CN(C)Cc2ccc(F)cc2)CO1)=C(C#N)C#N. The normalized spacial score (nSPS) is 19.0. The van der Waals surface area contributed by atoms with Crippen molar-refractivity contribution in [3.8, 4) is 12.1 Å². The molecule has 0 bridgehead atoms. The molecule has 1 fully saturated rings. The maximum absolute atomic E-state index is 13.0. The van der Waals surface area contributed by atoms with Gasteiger partial charge >= 0.3 is 0 Å². The molecular formula is C20H26FN5O. The number of hydrogen-bond acceptors (Lipinski definition) is 6. The lowest BCUT2D eigenvalue weighted by atomic mass is 9.97. The average molecular weight is 371 g/mol. The molecule has 27 heavy (non-hydrogen) atoms. The van der Waals surface area contributed by atoms with Crippen molar-refractivity contribution in [3.05, 3.63) is 47.0 Å². The van der Waals surface area contributed by atoms with E-state index in [-0.39, 0.29) is 17.5 Å². The van der Waals surface area contributed by atoms with Crippen molar-refractivity contribution >= 4 is 0 Å². The summed E-state index contributed by atoms with van der Waals surface area (Å²) in [6, 6.07) is 10.3. The molecule has 0 amide bonds. The predicted octanol–water partition coefficient (Wildman–Crippen LogP) is 2.12. The maximum atomic E-state index is 13.0. The molecule has 1 aliphatic rings. The monoisotopic (exact) mass is 371 g/mol. The molecule has 0 spiro atoms. The highest BCUT2D eigenvalue weighted by Gasteiger charge is 2.23. The van der Waals surface area contributed by atoms with E-state index in [1.165, 1.54) is 12.1 Å². The van der Waals surface area contributed by atoms with Crippen LogP contribution in [0.5, 0.6) is 0 Å². The highest BCUT2D eigenvalue weighted by atomic mass is 19.1. The van der Waals surface area contributed by atoms with Crippen molar-refractivity contribution < 1.29 is 9.13 Å². The van der Waals surface area contributed by atoms with Crippen LogP contribution in [0.15, 0.2) is 35.7 Å². The molecule has 2 atom stereocenters. The topological polar surface area (TPSA) is 84.1 Å². The molecule has 2 unspecified atom stereocenters. The third kappa shape index (κ3) is 6.56. The molecule has 1 aromatic carbocycles. The molecule has 0 aromatic heterocycles. The van der Waals surface area contributed by atoms with Crippen LogP contribution in [0.1, 0.15) is 18.4 Å². The first-order valence-electron chi connectivity index (χ1n) is 9.06. The Morgan fingerprint density at radius 2 is 1.96 bits per heavy atom. The molecule has 1 heterocycles.